The van der Waals surface area contributed by atoms with Crippen LogP contribution in [-0.4, -0.2) is 51.1 Å². The lowest BCUT2D eigenvalue weighted by molar-refractivity contribution is -0.139. The molecule has 0 unspecified atom stereocenters. The van der Waals surface area contributed by atoms with Crippen LogP contribution in [0.3, 0.4) is 0 Å². The van der Waals surface area contributed by atoms with Gasteiger partial charge in [-0.2, -0.15) is 10.4 Å². The molecule has 0 aliphatic carbocycles. The van der Waals surface area contributed by atoms with E-state index in [1.54, 1.807) is 50.2 Å². The van der Waals surface area contributed by atoms with Crippen LogP contribution in [0.2, 0.25) is 0 Å². The Morgan fingerprint density at radius 3 is 2.56 bits per heavy atom. The summed E-state index contributed by atoms with van der Waals surface area (Å²) in [6, 6.07) is 16.5. The summed E-state index contributed by atoms with van der Waals surface area (Å²) in [4.78, 5) is 37.4. The third kappa shape index (κ3) is 8.94. The van der Waals surface area contributed by atoms with E-state index in [1.807, 2.05) is 25.1 Å². The van der Waals surface area contributed by atoms with E-state index in [0.29, 0.717) is 40.5 Å². The Kier molecular flexibility index (Phi) is 12.6. The molecule has 0 fully saturated rings. The van der Waals surface area contributed by atoms with Crippen molar-refractivity contribution in [2.24, 2.45) is 5.10 Å². The zero-order chi connectivity index (χ0) is 34.6. The number of hydrogen-bond acceptors (Lipinski definition) is 10. The second-order valence-corrected chi connectivity index (χ2v) is 11.3. The van der Waals surface area contributed by atoms with E-state index < -0.39 is 23.9 Å². The van der Waals surface area contributed by atoms with Gasteiger partial charge in [0.1, 0.15) is 6.61 Å². The Morgan fingerprint density at radius 2 is 1.83 bits per heavy atom. The standard InChI is InChI=1S/C34H34IN5O8/c1-5-45-28-14-21(13-25(35)32(28)48-18-24-10-8-7-9-23(24)16-36)17-37-40-29(41)19-47-26-12-11-22(15-27(26)44-4)31-30(33(42)46-6-2)20(3)38-34(43)39-31/h7-15,17,31H,5-6,18-19H2,1-4H3,(H,40,41)(H2,38,39,43)/b37-17-/t31-/m0/s1. The van der Waals surface area contributed by atoms with Crippen LogP contribution in [0.15, 0.2) is 71.0 Å². The van der Waals surface area contributed by atoms with Crippen LogP contribution in [0, 0.1) is 14.9 Å². The summed E-state index contributed by atoms with van der Waals surface area (Å²) in [6.07, 6.45) is 1.47. The van der Waals surface area contributed by atoms with Gasteiger partial charge in [0.25, 0.3) is 5.91 Å². The molecule has 14 heteroatoms. The number of carbonyl (C=O) groups excluding carboxylic acids is 3. The minimum atomic E-state index is -0.786. The molecule has 3 aromatic rings. The van der Waals surface area contributed by atoms with Gasteiger partial charge in [0, 0.05) is 11.3 Å². The van der Waals surface area contributed by atoms with E-state index in [-0.39, 0.29) is 36.9 Å². The molecule has 48 heavy (non-hydrogen) atoms. The Bertz CT molecular complexity index is 1790. The van der Waals surface area contributed by atoms with E-state index in [0.717, 1.165) is 9.13 Å². The summed E-state index contributed by atoms with van der Waals surface area (Å²) in [6.45, 7) is 5.57. The number of carbonyl (C=O) groups is 3. The first-order chi connectivity index (χ1) is 23.2. The highest BCUT2D eigenvalue weighted by Crippen LogP contribution is 2.36. The fraction of sp³-hybridized carbons (Fsp3) is 0.265. The van der Waals surface area contributed by atoms with Gasteiger partial charge >= 0.3 is 12.0 Å². The quantitative estimate of drug-likeness (QED) is 0.0897. The molecule has 0 spiro atoms. The van der Waals surface area contributed by atoms with Gasteiger partial charge in [0.15, 0.2) is 29.6 Å². The van der Waals surface area contributed by atoms with Gasteiger partial charge in [0.2, 0.25) is 0 Å². The Morgan fingerprint density at radius 1 is 1.04 bits per heavy atom. The fourth-order valence-electron chi connectivity index (χ4n) is 4.73. The molecule has 250 valence electrons. The van der Waals surface area contributed by atoms with Gasteiger partial charge in [-0.3, -0.25) is 4.79 Å². The van der Waals surface area contributed by atoms with Crippen LogP contribution in [-0.2, 0) is 20.9 Å². The SMILES string of the molecule is CCOC(=O)C1=C(C)NC(=O)N[C@H]1c1ccc(OCC(=O)N/N=C\c2cc(I)c(OCc3ccccc3C#N)c(OCC)c2)c(OC)c1. The van der Waals surface area contributed by atoms with Gasteiger partial charge in [-0.25, -0.2) is 15.0 Å². The second-order valence-electron chi connectivity index (χ2n) is 10.1. The van der Waals surface area contributed by atoms with Crippen molar-refractivity contribution in [3.8, 4) is 29.1 Å². The molecular formula is C34H34IN5O8. The molecule has 1 atom stereocenters. The Hall–Kier alpha value is -5.30. The van der Waals surface area contributed by atoms with E-state index >= 15 is 0 Å². The van der Waals surface area contributed by atoms with E-state index in [2.05, 4.69) is 49.8 Å². The van der Waals surface area contributed by atoms with Gasteiger partial charge in [0.05, 0.1) is 53.4 Å². The molecule has 0 aromatic heterocycles. The number of ether oxygens (including phenoxy) is 5. The maximum absolute atomic E-state index is 12.6. The highest BCUT2D eigenvalue weighted by molar-refractivity contribution is 14.1. The van der Waals surface area contributed by atoms with Crippen LogP contribution >= 0.6 is 22.6 Å². The molecule has 1 aliphatic rings. The third-order valence-electron chi connectivity index (χ3n) is 6.89. The molecular weight excluding hydrogens is 733 g/mol. The predicted molar refractivity (Wildman–Crippen MR) is 184 cm³/mol. The Balaban J connectivity index is 1.40. The van der Waals surface area contributed by atoms with Crippen LogP contribution < -0.4 is 35.0 Å². The number of nitriles is 1. The van der Waals surface area contributed by atoms with Gasteiger partial charge < -0.3 is 34.3 Å². The van der Waals surface area contributed by atoms with Gasteiger partial charge in [-0.1, -0.05) is 24.3 Å². The summed E-state index contributed by atoms with van der Waals surface area (Å²) >= 11 is 2.13. The molecule has 1 aliphatic heterocycles. The maximum atomic E-state index is 12.6. The zero-order valence-electron chi connectivity index (χ0n) is 26.7. The zero-order valence-corrected chi connectivity index (χ0v) is 28.9. The van der Waals surface area contributed by atoms with Gasteiger partial charge in [-0.05, 0) is 84.8 Å². The first-order valence-electron chi connectivity index (χ1n) is 14.8. The van der Waals surface area contributed by atoms with E-state index in [1.165, 1.54) is 13.3 Å². The summed E-state index contributed by atoms with van der Waals surface area (Å²) in [5.74, 6) is 0.495. The lowest BCUT2D eigenvalue weighted by Crippen LogP contribution is -2.45. The molecule has 4 rings (SSSR count). The number of esters is 1. The summed E-state index contributed by atoms with van der Waals surface area (Å²) in [7, 11) is 1.43. The van der Waals surface area contributed by atoms with Crippen molar-refractivity contribution >= 4 is 46.7 Å². The third-order valence-corrected chi connectivity index (χ3v) is 7.69. The van der Waals surface area contributed by atoms with Crippen molar-refractivity contribution in [2.75, 3.05) is 26.9 Å². The number of halogens is 1. The number of hydrazone groups is 1. The molecule has 0 saturated carbocycles. The average Bonchev–Trinajstić information content (AvgIpc) is 3.07. The van der Waals surface area contributed by atoms with Crippen molar-refractivity contribution in [2.45, 2.75) is 33.4 Å². The van der Waals surface area contributed by atoms with E-state index in [9.17, 15) is 19.6 Å². The number of nitrogens with one attached hydrogen (secondary N) is 3. The van der Waals surface area contributed by atoms with Crippen LogP contribution in [0.1, 0.15) is 49.1 Å². The summed E-state index contributed by atoms with van der Waals surface area (Å²) < 4.78 is 28.9. The highest BCUT2D eigenvalue weighted by Gasteiger charge is 2.32. The molecule has 3 amide bonds. The number of benzene rings is 3. The number of hydrogen-bond donors (Lipinski definition) is 3. The molecule has 1 heterocycles. The van der Waals surface area contributed by atoms with Gasteiger partial charge in [-0.15, -0.1) is 0 Å². The normalized spacial score (nSPS) is 14.0. The minimum absolute atomic E-state index is 0.175. The van der Waals surface area contributed by atoms with Crippen LogP contribution in [0.5, 0.6) is 23.0 Å². The molecule has 3 aromatic carbocycles. The van der Waals surface area contributed by atoms with Crippen molar-refractivity contribution in [1.82, 2.24) is 16.1 Å². The van der Waals surface area contributed by atoms with E-state index in [4.69, 9.17) is 23.7 Å². The lowest BCUT2D eigenvalue weighted by atomic mass is 9.95. The monoisotopic (exact) mass is 767 g/mol. The first kappa shape index (κ1) is 35.6. The van der Waals surface area contributed by atoms with Crippen LogP contribution in [0.4, 0.5) is 4.79 Å². The fourth-order valence-corrected chi connectivity index (χ4v) is 5.51. The number of nitrogens with zero attached hydrogens (tertiary/aromatic N) is 2. The number of urea groups is 1. The molecule has 3 N–H and O–H groups in total. The molecule has 13 nitrogen and oxygen atoms in total. The molecule has 0 bridgehead atoms. The molecule has 0 radical (unpaired) electrons. The average molecular weight is 768 g/mol. The number of methoxy groups -OCH3 is 1. The van der Waals surface area contributed by atoms with Crippen molar-refractivity contribution in [1.29, 1.82) is 5.26 Å². The maximum Gasteiger partial charge on any atom is 0.338 e. The van der Waals surface area contributed by atoms with Crippen molar-refractivity contribution < 1.29 is 38.1 Å². The lowest BCUT2D eigenvalue weighted by Gasteiger charge is -2.28. The van der Waals surface area contributed by atoms with Crippen LogP contribution in [0.25, 0.3) is 0 Å². The highest BCUT2D eigenvalue weighted by atomic mass is 127. The number of allylic oxidation sites excluding steroid dienone is 1. The molecule has 0 saturated heterocycles. The second kappa shape index (κ2) is 17.0. The minimum Gasteiger partial charge on any atom is -0.493 e. The number of amides is 3. The largest absolute Gasteiger partial charge is 0.493 e. The van der Waals surface area contributed by atoms with Crippen molar-refractivity contribution in [3.63, 3.8) is 0 Å². The smallest absolute Gasteiger partial charge is 0.338 e. The first-order valence-corrected chi connectivity index (χ1v) is 15.9. The predicted octanol–water partition coefficient (Wildman–Crippen LogP) is 4.87. The van der Waals surface area contributed by atoms with Crippen molar-refractivity contribution in [3.05, 3.63) is 91.7 Å². The Labute approximate surface area is 291 Å². The summed E-state index contributed by atoms with van der Waals surface area (Å²) in [5, 5.41) is 18.7. The summed E-state index contributed by atoms with van der Waals surface area (Å²) in [5.41, 5.74) is 5.57. The number of rotatable bonds is 14. The topological polar surface area (TPSA) is 170 Å².